The summed E-state index contributed by atoms with van der Waals surface area (Å²) in [6, 6.07) is 9.13. The highest BCUT2D eigenvalue weighted by molar-refractivity contribution is 7.99. The monoisotopic (exact) mass is 356 g/mol. The van der Waals surface area contributed by atoms with Crippen molar-refractivity contribution in [1.82, 2.24) is 0 Å². The number of carboxylic acid groups (broad SMARTS) is 1. The van der Waals surface area contributed by atoms with Gasteiger partial charge in [0, 0.05) is 9.79 Å². The average Bonchev–Trinajstić information content (AvgIpc) is 2.53. The van der Waals surface area contributed by atoms with E-state index in [2.05, 4.69) is 4.74 Å². The number of benzene rings is 2. The standard InChI is InChI=1S/C16H11F3O4S/c1-23-15(22)9-2-4-10(5-3-9)24-11-6-7-12(14(20)21)13(8-11)16(17,18)19/h2-8H,1H3,(H,20,21). The Morgan fingerprint density at radius 3 is 2.12 bits per heavy atom. The first-order chi connectivity index (χ1) is 11.2. The Balaban J connectivity index is 2.30. The van der Waals surface area contributed by atoms with Gasteiger partial charge in [-0.15, -0.1) is 0 Å². The van der Waals surface area contributed by atoms with Gasteiger partial charge >= 0.3 is 18.1 Å². The van der Waals surface area contributed by atoms with Crippen LogP contribution in [0.1, 0.15) is 26.3 Å². The molecule has 0 bridgehead atoms. The SMILES string of the molecule is COC(=O)c1ccc(Sc2ccc(C(=O)O)c(C(F)(F)F)c2)cc1. The summed E-state index contributed by atoms with van der Waals surface area (Å²) in [5, 5.41) is 8.86. The summed E-state index contributed by atoms with van der Waals surface area (Å²) < 4.78 is 43.5. The molecule has 4 nitrogen and oxygen atoms in total. The van der Waals surface area contributed by atoms with Gasteiger partial charge in [-0.1, -0.05) is 11.8 Å². The number of esters is 1. The predicted octanol–water partition coefficient (Wildman–Crippen LogP) is 4.34. The van der Waals surface area contributed by atoms with E-state index in [0.29, 0.717) is 10.5 Å². The van der Waals surface area contributed by atoms with Gasteiger partial charge in [0.25, 0.3) is 0 Å². The third-order valence-corrected chi connectivity index (χ3v) is 4.04. The molecule has 0 saturated carbocycles. The number of alkyl halides is 3. The molecule has 2 aromatic rings. The van der Waals surface area contributed by atoms with E-state index in [4.69, 9.17) is 5.11 Å². The minimum Gasteiger partial charge on any atom is -0.478 e. The second kappa shape index (κ2) is 6.96. The Morgan fingerprint density at radius 1 is 1.04 bits per heavy atom. The quantitative estimate of drug-likeness (QED) is 0.826. The van der Waals surface area contributed by atoms with E-state index < -0.39 is 29.2 Å². The molecular formula is C16H11F3O4S. The number of methoxy groups -OCH3 is 1. The zero-order chi connectivity index (χ0) is 17.9. The fourth-order valence-electron chi connectivity index (χ4n) is 1.92. The highest BCUT2D eigenvalue weighted by atomic mass is 32.2. The van der Waals surface area contributed by atoms with Crippen molar-refractivity contribution < 1.29 is 32.6 Å². The largest absolute Gasteiger partial charge is 0.478 e. The second-order valence-corrected chi connectivity index (χ2v) is 5.78. The van der Waals surface area contributed by atoms with Gasteiger partial charge in [-0.05, 0) is 42.5 Å². The molecule has 0 radical (unpaired) electrons. The number of carboxylic acids is 1. The Morgan fingerprint density at radius 2 is 1.62 bits per heavy atom. The number of carbonyl (C=O) groups excluding carboxylic acids is 1. The molecule has 0 saturated heterocycles. The maximum atomic E-state index is 13.0. The molecule has 0 aliphatic carbocycles. The van der Waals surface area contributed by atoms with Crippen LogP contribution in [0.15, 0.2) is 52.3 Å². The lowest BCUT2D eigenvalue weighted by molar-refractivity contribution is -0.138. The first-order valence-electron chi connectivity index (χ1n) is 6.53. The molecule has 126 valence electrons. The van der Waals surface area contributed by atoms with Gasteiger partial charge in [0.1, 0.15) is 0 Å². The van der Waals surface area contributed by atoms with Gasteiger partial charge in [0.2, 0.25) is 0 Å². The summed E-state index contributed by atoms with van der Waals surface area (Å²) in [5.74, 6) is -2.15. The molecule has 0 aliphatic heterocycles. The summed E-state index contributed by atoms with van der Waals surface area (Å²) in [5.41, 5.74) is -1.68. The van der Waals surface area contributed by atoms with E-state index in [1.54, 1.807) is 12.1 Å². The topological polar surface area (TPSA) is 63.6 Å². The van der Waals surface area contributed by atoms with Gasteiger partial charge < -0.3 is 9.84 Å². The molecule has 0 aliphatic rings. The summed E-state index contributed by atoms with van der Waals surface area (Å²) in [6.45, 7) is 0. The zero-order valence-electron chi connectivity index (χ0n) is 12.3. The summed E-state index contributed by atoms with van der Waals surface area (Å²) in [4.78, 5) is 23.1. The number of rotatable bonds is 4. The van der Waals surface area contributed by atoms with Crippen molar-refractivity contribution in [3.63, 3.8) is 0 Å². The molecule has 0 heterocycles. The first-order valence-corrected chi connectivity index (χ1v) is 7.35. The summed E-state index contributed by atoms with van der Waals surface area (Å²) >= 11 is 1.02. The fraction of sp³-hybridized carbons (Fsp3) is 0.125. The molecule has 1 N–H and O–H groups in total. The molecule has 0 unspecified atom stereocenters. The number of aromatic carboxylic acids is 1. The lowest BCUT2D eigenvalue weighted by atomic mass is 10.1. The van der Waals surface area contributed by atoms with Crippen molar-refractivity contribution in [2.45, 2.75) is 16.0 Å². The van der Waals surface area contributed by atoms with Crippen LogP contribution in [-0.4, -0.2) is 24.2 Å². The van der Waals surface area contributed by atoms with Crippen molar-refractivity contribution in [1.29, 1.82) is 0 Å². The van der Waals surface area contributed by atoms with Gasteiger partial charge in [-0.3, -0.25) is 0 Å². The number of halogens is 3. The molecule has 0 aromatic heterocycles. The van der Waals surface area contributed by atoms with Crippen LogP contribution in [0.3, 0.4) is 0 Å². The molecule has 0 fully saturated rings. The molecular weight excluding hydrogens is 345 g/mol. The maximum absolute atomic E-state index is 13.0. The smallest absolute Gasteiger partial charge is 0.417 e. The third-order valence-electron chi connectivity index (χ3n) is 3.04. The Hall–Kier alpha value is -2.48. The normalized spacial score (nSPS) is 11.2. The van der Waals surface area contributed by atoms with Crippen molar-refractivity contribution in [2.75, 3.05) is 7.11 Å². The predicted molar refractivity (Wildman–Crippen MR) is 80.3 cm³/mol. The minimum absolute atomic E-state index is 0.234. The van der Waals surface area contributed by atoms with Gasteiger partial charge in [0.15, 0.2) is 0 Å². The molecule has 8 heteroatoms. The van der Waals surface area contributed by atoms with Gasteiger partial charge in [-0.25, -0.2) is 9.59 Å². The van der Waals surface area contributed by atoms with E-state index in [9.17, 15) is 22.8 Å². The highest BCUT2D eigenvalue weighted by Gasteiger charge is 2.35. The van der Waals surface area contributed by atoms with Crippen LogP contribution in [0.4, 0.5) is 13.2 Å². The van der Waals surface area contributed by atoms with Crippen LogP contribution in [-0.2, 0) is 10.9 Å². The second-order valence-electron chi connectivity index (χ2n) is 4.63. The highest BCUT2D eigenvalue weighted by Crippen LogP contribution is 2.36. The minimum atomic E-state index is -4.76. The number of hydrogen-bond donors (Lipinski definition) is 1. The van der Waals surface area contributed by atoms with E-state index in [-0.39, 0.29) is 4.90 Å². The Labute approximate surface area is 139 Å². The van der Waals surface area contributed by atoms with Crippen LogP contribution in [0, 0.1) is 0 Å². The van der Waals surface area contributed by atoms with Crippen LogP contribution in [0.2, 0.25) is 0 Å². The zero-order valence-corrected chi connectivity index (χ0v) is 13.1. The van der Waals surface area contributed by atoms with E-state index >= 15 is 0 Å². The van der Waals surface area contributed by atoms with Gasteiger partial charge in [-0.2, -0.15) is 13.2 Å². The molecule has 2 rings (SSSR count). The van der Waals surface area contributed by atoms with Crippen LogP contribution in [0.25, 0.3) is 0 Å². The molecule has 2 aromatic carbocycles. The fourth-order valence-corrected chi connectivity index (χ4v) is 2.78. The number of hydrogen-bond acceptors (Lipinski definition) is 4. The van der Waals surface area contributed by atoms with E-state index in [0.717, 1.165) is 23.9 Å². The van der Waals surface area contributed by atoms with Crippen LogP contribution >= 0.6 is 11.8 Å². The van der Waals surface area contributed by atoms with Crippen LogP contribution in [0.5, 0.6) is 0 Å². The first kappa shape index (κ1) is 17.9. The van der Waals surface area contributed by atoms with E-state index in [1.807, 2.05) is 0 Å². The summed E-state index contributed by atoms with van der Waals surface area (Å²) in [7, 11) is 1.24. The molecule has 0 amide bonds. The maximum Gasteiger partial charge on any atom is 0.417 e. The molecule has 0 atom stereocenters. The lowest BCUT2D eigenvalue weighted by Gasteiger charge is -2.12. The Bertz CT molecular complexity index is 770. The Kier molecular flexibility index (Phi) is 5.18. The number of ether oxygens (including phenoxy) is 1. The van der Waals surface area contributed by atoms with Crippen molar-refractivity contribution in [3.8, 4) is 0 Å². The van der Waals surface area contributed by atoms with Gasteiger partial charge in [0.05, 0.1) is 23.8 Å². The number of carbonyl (C=O) groups is 2. The van der Waals surface area contributed by atoms with Crippen molar-refractivity contribution in [2.24, 2.45) is 0 Å². The van der Waals surface area contributed by atoms with E-state index in [1.165, 1.54) is 25.3 Å². The molecule has 0 spiro atoms. The third kappa shape index (κ3) is 4.08. The average molecular weight is 356 g/mol. The van der Waals surface area contributed by atoms with Crippen LogP contribution < -0.4 is 0 Å². The van der Waals surface area contributed by atoms with Crippen molar-refractivity contribution in [3.05, 3.63) is 59.2 Å². The van der Waals surface area contributed by atoms with Crippen molar-refractivity contribution >= 4 is 23.7 Å². The summed E-state index contributed by atoms with van der Waals surface area (Å²) in [6.07, 6.45) is -4.76. The molecule has 24 heavy (non-hydrogen) atoms. The lowest BCUT2D eigenvalue weighted by Crippen LogP contribution is -2.12.